The summed E-state index contributed by atoms with van der Waals surface area (Å²) >= 11 is 0. The van der Waals surface area contributed by atoms with Gasteiger partial charge in [-0.05, 0) is 50.9 Å². The van der Waals surface area contributed by atoms with Crippen molar-refractivity contribution in [1.82, 2.24) is 10.6 Å². The number of aryl methyl sites for hydroxylation is 1. The standard InChI is InChI=1S/C15H22N2O2/c1-15(2,16-3)14(18)17-10-11-6-7-13-12(9-11)5-4-8-19-13/h6-7,9,16H,4-5,8,10H2,1-3H3,(H,17,18). The maximum absolute atomic E-state index is 12.0. The zero-order chi connectivity index (χ0) is 13.9. The van der Waals surface area contributed by atoms with Gasteiger partial charge < -0.3 is 15.4 Å². The first-order valence-electron chi connectivity index (χ1n) is 6.75. The van der Waals surface area contributed by atoms with Gasteiger partial charge in [0.1, 0.15) is 5.75 Å². The molecule has 0 saturated heterocycles. The van der Waals surface area contributed by atoms with Crippen LogP contribution in [0.5, 0.6) is 5.75 Å². The van der Waals surface area contributed by atoms with E-state index in [9.17, 15) is 4.79 Å². The summed E-state index contributed by atoms with van der Waals surface area (Å²) in [4.78, 5) is 12.0. The van der Waals surface area contributed by atoms with Crippen molar-refractivity contribution in [2.24, 2.45) is 0 Å². The van der Waals surface area contributed by atoms with E-state index in [0.717, 1.165) is 30.8 Å². The smallest absolute Gasteiger partial charge is 0.239 e. The minimum absolute atomic E-state index is 0.00368. The van der Waals surface area contributed by atoms with Crippen molar-refractivity contribution < 1.29 is 9.53 Å². The largest absolute Gasteiger partial charge is 0.493 e. The lowest BCUT2D eigenvalue weighted by atomic mass is 10.0. The van der Waals surface area contributed by atoms with Crippen molar-refractivity contribution in [1.29, 1.82) is 0 Å². The summed E-state index contributed by atoms with van der Waals surface area (Å²) < 4.78 is 5.58. The highest BCUT2D eigenvalue weighted by molar-refractivity contribution is 5.85. The lowest BCUT2D eigenvalue weighted by Crippen LogP contribution is -2.50. The second kappa shape index (κ2) is 5.61. The van der Waals surface area contributed by atoms with Crippen molar-refractivity contribution >= 4 is 5.91 Å². The first-order valence-corrected chi connectivity index (χ1v) is 6.75. The molecule has 1 aliphatic heterocycles. The van der Waals surface area contributed by atoms with Crippen molar-refractivity contribution in [2.75, 3.05) is 13.7 Å². The van der Waals surface area contributed by atoms with Crippen molar-refractivity contribution in [3.63, 3.8) is 0 Å². The molecular formula is C15H22N2O2. The van der Waals surface area contributed by atoms with Gasteiger partial charge in [0, 0.05) is 6.54 Å². The summed E-state index contributed by atoms with van der Waals surface area (Å²) in [5, 5.41) is 5.95. The highest BCUT2D eigenvalue weighted by Gasteiger charge is 2.24. The Morgan fingerprint density at radius 2 is 2.21 bits per heavy atom. The lowest BCUT2D eigenvalue weighted by molar-refractivity contribution is -0.126. The van der Waals surface area contributed by atoms with Gasteiger partial charge in [0.15, 0.2) is 0 Å². The molecule has 0 aliphatic carbocycles. The third-order valence-corrected chi connectivity index (χ3v) is 3.62. The maximum atomic E-state index is 12.0. The second-order valence-corrected chi connectivity index (χ2v) is 5.45. The fraction of sp³-hybridized carbons (Fsp3) is 0.533. The van der Waals surface area contributed by atoms with Crippen LogP contribution in [0.3, 0.4) is 0 Å². The van der Waals surface area contributed by atoms with Crippen LogP contribution in [0.4, 0.5) is 0 Å². The zero-order valence-corrected chi connectivity index (χ0v) is 11.9. The Bertz CT molecular complexity index is 469. The van der Waals surface area contributed by atoms with E-state index in [1.54, 1.807) is 7.05 Å². The molecular weight excluding hydrogens is 240 g/mol. The van der Waals surface area contributed by atoms with Gasteiger partial charge in [0.05, 0.1) is 12.1 Å². The van der Waals surface area contributed by atoms with Crippen LogP contribution in [0, 0.1) is 0 Å². The molecule has 0 fully saturated rings. The summed E-state index contributed by atoms with van der Waals surface area (Å²) in [7, 11) is 1.79. The highest BCUT2D eigenvalue weighted by atomic mass is 16.5. The van der Waals surface area contributed by atoms with Gasteiger partial charge >= 0.3 is 0 Å². The molecule has 1 aromatic carbocycles. The Kier molecular flexibility index (Phi) is 4.10. The van der Waals surface area contributed by atoms with Crippen LogP contribution in [0.25, 0.3) is 0 Å². The van der Waals surface area contributed by atoms with Crippen molar-refractivity contribution in [3.05, 3.63) is 29.3 Å². The average Bonchev–Trinajstić information content (AvgIpc) is 2.44. The van der Waals surface area contributed by atoms with Crippen LogP contribution in [0.15, 0.2) is 18.2 Å². The SMILES string of the molecule is CNC(C)(C)C(=O)NCc1ccc2c(c1)CCCO2. The summed E-state index contributed by atoms with van der Waals surface area (Å²) in [6.45, 7) is 5.09. The molecule has 2 rings (SSSR count). The molecule has 0 unspecified atom stereocenters. The molecule has 19 heavy (non-hydrogen) atoms. The normalized spacial score (nSPS) is 14.5. The summed E-state index contributed by atoms with van der Waals surface area (Å²) in [6.07, 6.45) is 2.12. The Labute approximate surface area is 114 Å². The second-order valence-electron chi connectivity index (χ2n) is 5.45. The minimum Gasteiger partial charge on any atom is -0.493 e. The molecule has 1 amide bonds. The number of nitrogens with one attached hydrogen (secondary N) is 2. The predicted octanol–water partition coefficient (Wildman–Crippen LogP) is 1.63. The molecule has 0 radical (unpaired) electrons. The van der Waals surface area contributed by atoms with E-state index in [1.165, 1.54) is 5.56 Å². The van der Waals surface area contributed by atoms with Crippen LogP contribution in [-0.2, 0) is 17.8 Å². The third kappa shape index (κ3) is 3.26. The van der Waals surface area contributed by atoms with Gasteiger partial charge in [-0.1, -0.05) is 12.1 Å². The molecule has 4 heteroatoms. The van der Waals surface area contributed by atoms with Crippen LogP contribution in [-0.4, -0.2) is 25.1 Å². The fourth-order valence-corrected chi connectivity index (χ4v) is 2.04. The van der Waals surface area contributed by atoms with Crippen LogP contribution >= 0.6 is 0 Å². The van der Waals surface area contributed by atoms with E-state index in [0.29, 0.717) is 6.54 Å². The number of benzene rings is 1. The molecule has 0 bridgehead atoms. The monoisotopic (exact) mass is 262 g/mol. The van der Waals surface area contributed by atoms with E-state index in [1.807, 2.05) is 26.0 Å². The van der Waals surface area contributed by atoms with Gasteiger partial charge in [-0.2, -0.15) is 0 Å². The summed E-state index contributed by atoms with van der Waals surface area (Å²) in [5.74, 6) is 0.987. The number of ether oxygens (including phenoxy) is 1. The van der Waals surface area contributed by atoms with Crippen LogP contribution < -0.4 is 15.4 Å². The number of fused-ring (bicyclic) bond motifs is 1. The van der Waals surface area contributed by atoms with Gasteiger partial charge in [-0.15, -0.1) is 0 Å². The maximum Gasteiger partial charge on any atom is 0.239 e. The molecule has 0 atom stereocenters. The molecule has 1 heterocycles. The summed E-state index contributed by atoms with van der Waals surface area (Å²) in [6, 6.07) is 6.14. The number of likely N-dealkylation sites (N-methyl/N-ethyl adjacent to an activating group) is 1. The van der Waals surface area contributed by atoms with Gasteiger partial charge in [0.25, 0.3) is 0 Å². The number of hydrogen-bond acceptors (Lipinski definition) is 3. The predicted molar refractivity (Wildman–Crippen MR) is 75.2 cm³/mol. The Morgan fingerprint density at radius 1 is 1.42 bits per heavy atom. The van der Waals surface area contributed by atoms with Gasteiger partial charge in [-0.3, -0.25) is 4.79 Å². The zero-order valence-electron chi connectivity index (χ0n) is 11.9. The molecule has 1 aliphatic rings. The number of amides is 1. The molecule has 1 aromatic rings. The van der Waals surface area contributed by atoms with Gasteiger partial charge in [0.2, 0.25) is 5.91 Å². The number of carbonyl (C=O) groups excluding carboxylic acids is 1. The number of carbonyl (C=O) groups is 1. The molecule has 0 spiro atoms. The van der Waals surface area contributed by atoms with Crippen LogP contribution in [0.2, 0.25) is 0 Å². The van der Waals surface area contributed by atoms with E-state index in [4.69, 9.17) is 4.74 Å². The van der Waals surface area contributed by atoms with Crippen molar-refractivity contribution in [3.8, 4) is 5.75 Å². The first-order chi connectivity index (χ1) is 9.03. The first kappa shape index (κ1) is 13.9. The Balaban J connectivity index is 1.99. The topological polar surface area (TPSA) is 50.4 Å². The number of rotatable bonds is 4. The Morgan fingerprint density at radius 3 is 2.95 bits per heavy atom. The highest BCUT2D eigenvalue weighted by Crippen LogP contribution is 2.25. The van der Waals surface area contributed by atoms with E-state index in [-0.39, 0.29) is 5.91 Å². The molecule has 2 N–H and O–H groups in total. The molecule has 0 saturated carbocycles. The average molecular weight is 262 g/mol. The lowest BCUT2D eigenvalue weighted by Gasteiger charge is -2.23. The fourth-order valence-electron chi connectivity index (χ4n) is 2.04. The quantitative estimate of drug-likeness (QED) is 0.867. The minimum atomic E-state index is -0.544. The van der Waals surface area contributed by atoms with Crippen molar-refractivity contribution in [2.45, 2.75) is 38.8 Å². The van der Waals surface area contributed by atoms with E-state index in [2.05, 4.69) is 16.7 Å². The molecule has 4 nitrogen and oxygen atoms in total. The molecule has 104 valence electrons. The molecule has 0 aromatic heterocycles. The van der Waals surface area contributed by atoms with Gasteiger partial charge in [-0.25, -0.2) is 0 Å². The Hall–Kier alpha value is -1.55. The summed E-state index contributed by atoms with van der Waals surface area (Å²) in [5.41, 5.74) is 1.81. The van der Waals surface area contributed by atoms with E-state index >= 15 is 0 Å². The van der Waals surface area contributed by atoms with E-state index < -0.39 is 5.54 Å². The third-order valence-electron chi connectivity index (χ3n) is 3.62. The van der Waals surface area contributed by atoms with Crippen LogP contribution in [0.1, 0.15) is 31.4 Å². The number of hydrogen-bond donors (Lipinski definition) is 2.